The smallest absolute Gasteiger partial charge is 0.267 e. The van der Waals surface area contributed by atoms with Gasteiger partial charge < -0.3 is 5.32 Å². The first-order valence-electron chi connectivity index (χ1n) is 8.94. The van der Waals surface area contributed by atoms with Crippen LogP contribution in [0.4, 0.5) is 5.82 Å². The van der Waals surface area contributed by atoms with Gasteiger partial charge in [-0.25, -0.2) is 10.5 Å². The Hall–Kier alpha value is -2.41. The zero-order chi connectivity index (χ0) is 19.1. The van der Waals surface area contributed by atoms with E-state index in [-0.39, 0.29) is 6.04 Å². The summed E-state index contributed by atoms with van der Waals surface area (Å²) in [5.41, 5.74) is 3.54. The molecule has 1 saturated heterocycles. The number of halogens is 1. The minimum atomic E-state index is -0.603. The van der Waals surface area contributed by atoms with Gasteiger partial charge in [0.2, 0.25) is 0 Å². The first-order chi connectivity index (χ1) is 13.1. The van der Waals surface area contributed by atoms with Crippen molar-refractivity contribution in [3.63, 3.8) is 0 Å². The molecule has 3 rings (SSSR count). The quantitative estimate of drug-likeness (QED) is 0.403. The molecule has 1 aromatic carbocycles. The Morgan fingerprint density at radius 3 is 2.93 bits per heavy atom. The molecule has 0 unspecified atom stereocenters. The van der Waals surface area contributed by atoms with E-state index in [1.54, 1.807) is 17.7 Å². The zero-order valence-corrected chi connectivity index (χ0v) is 15.7. The molecule has 6 nitrogen and oxygen atoms in total. The summed E-state index contributed by atoms with van der Waals surface area (Å²) in [7, 11) is 0. The normalized spacial score (nSPS) is 17.8. The topological polar surface area (TPSA) is 77.5 Å². The van der Waals surface area contributed by atoms with E-state index in [2.05, 4.69) is 39.5 Å². The van der Waals surface area contributed by atoms with Crippen LogP contribution in [-0.2, 0) is 11.3 Å². The predicted molar refractivity (Wildman–Crippen MR) is 107 cm³/mol. The molecule has 0 spiro atoms. The Bertz CT molecular complexity index is 798. The number of amides is 1. The van der Waals surface area contributed by atoms with Gasteiger partial charge in [-0.05, 0) is 42.7 Å². The molecule has 3 N–H and O–H groups in total. The Labute approximate surface area is 163 Å². The lowest BCUT2D eigenvalue weighted by Crippen LogP contribution is -2.41. The highest BCUT2D eigenvalue weighted by Crippen LogP contribution is 2.24. The molecule has 1 fully saturated rings. The van der Waals surface area contributed by atoms with Crippen LogP contribution in [0.1, 0.15) is 24.0 Å². The molecular weight excluding hydrogens is 364 g/mol. The van der Waals surface area contributed by atoms with Crippen molar-refractivity contribution in [1.29, 1.82) is 0 Å². The number of aromatic nitrogens is 1. The summed E-state index contributed by atoms with van der Waals surface area (Å²) in [5, 5.41) is 12.4. The van der Waals surface area contributed by atoms with Gasteiger partial charge in [0.25, 0.3) is 5.91 Å². The van der Waals surface area contributed by atoms with Crippen LogP contribution < -0.4 is 10.8 Å². The molecule has 2 aromatic rings. The van der Waals surface area contributed by atoms with Gasteiger partial charge in [-0.1, -0.05) is 41.9 Å². The van der Waals surface area contributed by atoms with Crippen LogP contribution in [0.5, 0.6) is 0 Å². The van der Waals surface area contributed by atoms with Crippen LogP contribution in [0, 0.1) is 0 Å². The van der Waals surface area contributed by atoms with E-state index in [0.717, 1.165) is 32.5 Å². The molecule has 7 heteroatoms. The van der Waals surface area contributed by atoms with E-state index in [9.17, 15) is 4.79 Å². The second-order valence-corrected chi connectivity index (χ2v) is 7.02. The largest absolute Gasteiger partial charge is 0.365 e. The Balaban J connectivity index is 1.59. The minimum Gasteiger partial charge on any atom is -0.365 e. The van der Waals surface area contributed by atoms with Gasteiger partial charge >= 0.3 is 0 Å². The maximum Gasteiger partial charge on any atom is 0.267 e. The van der Waals surface area contributed by atoms with Crippen LogP contribution in [0.15, 0.2) is 48.7 Å². The average molecular weight is 387 g/mol. The van der Waals surface area contributed by atoms with Crippen molar-refractivity contribution in [3.8, 4) is 0 Å². The number of carbonyl (C=O) groups excluding carboxylic acids is 1. The SMILES string of the molecule is O=C(C=Cc1cnc(N[C@@H]2CCCN(Cc3ccccc3)C2)c(Cl)c1)NO. The molecule has 0 aliphatic carbocycles. The summed E-state index contributed by atoms with van der Waals surface area (Å²) in [5.74, 6) is 0.0426. The highest BCUT2D eigenvalue weighted by molar-refractivity contribution is 6.33. The first-order valence-corrected chi connectivity index (χ1v) is 9.32. The Kier molecular flexibility index (Phi) is 6.81. The molecule has 142 valence electrons. The molecular formula is C20H23ClN4O2. The molecule has 0 saturated carbocycles. The van der Waals surface area contributed by atoms with Gasteiger partial charge in [-0.2, -0.15) is 0 Å². The number of rotatable bonds is 6. The molecule has 2 heterocycles. The molecule has 0 radical (unpaired) electrons. The van der Waals surface area contributed by atoms with Crippen molar-refractivity contribution in [2.24, 2.45) is 0 Å². The van der Waals surface area contributed by atoms with E-state index in [1.807, 2.05) is 6.07 Å². The number of nitrogens with one attached hydrogen (secondary N) is 2. The minimum absolute atomic E-state index is 0.286. The Morgan fingerprint density at radius 1 is 1.37 bits per heavy atom. The third-order valence-electron chi connectivity index (χ3n) is 4.50. The summed E-state index contributed by atoms with van der Waals surface area (Å²) in [4.78, 5) is 17.9. The van der Waals surface area contributed by atoms with Gasteiger partial charge in [-0.15, -0.1) is 0 Å². The van der Waals surface area contributed by atoms with Crippen molar-refractivity contribution in [2.75, 3.05) is 18.4 Å². The average Bonchev–Trinajstić information content (AvgIpc) is 2.69. The third kappa shape index (κ3) is 5.79. The fraction of sp³-hybridized carbons (Fsp3) is 0.300. The summed E-state index contributed by atoms with van der Waals surface area (Å²) < 4.78 is 0. The maximum atomic E-state index is 11.0. The van der Waals surface area contributed by atoms with Crippen molar-refractivity contribution < 1.29 is 10.0 Å². The highest BCUT2D eigenvalue weighted by atomic mass is 35.5. The summed E-state index contributed by atoms with van der Waals surface area (Å²) >= 11 is 6.34. The number of hydrogen-bond donors (Lipinski definition) is 3. The van der Waals surface area contributed by atoms with Gasteiger partial charge in [0.15, 0.2) is 0 Å². The monoisotopic (exact) mass is 386 g/mol. The number of anilines is 1. The fourth-order valence-corrected chi connectivity index (χ4v) is 3.44. The highest BCUT2D eigenvalue weighted by Gasteiger charge is 2.21. The Morgan fingerprint density at radius 2 is 2.19 bits per heavy atom. The van der Waals surface area contributed by atoms with Gasteiger partial charge in [-0.3, -0.25) is 14.9 Å². The van der Waals surface area contributed by atoms with E-state index in [4.69, 9.17) is 16.8 Å². The van der Waals surface area contributed by atoms with Crippen LogP contribution in [0.25, 0.3) is 6.08 Å². The number of pyridine rings is 1. The van der Waals surface area contributed by atoms with Crippen molar-refractivity contribution in [3.05, 3.63) is 64.8 Å². The van der Waals surface area contributed by atoms with Crippen molar-refractivity contribution >= 4 is 29.4 Å². The van der Waals surface area contributed by atoms with Gasteiger partial charge in [0, 0.05) is 31.4 Å². The van der Waals surface area contributed by atoms with Crippen molar-refractivity contribution in [2.45, 2.75) is 25.4 Å². The van der Waals surface area contributed by atoms with Crippen LogP contribution in [0.3, 0.4) is 0 Å². The second kappa shape index (κ2) is 9.50. The lowest BCUT2D eigenvalue weighted by molar-refractivity contribution is -0.124. The molecule has 1 aliphatic rings. The molecule has 1 amide bonds. The summed E-state index contributed by atoms with van der Waals surface area (Å²) in [6.45, 7) is 2.97. The van der Waals surface area contributed by atoms with Crippen molar-refractivity contribution in [1.82, 2.24) is 15.4 Å². The van der Waals surface area contributed by atoms with Gasteiger partial charge in [0.1, 0.15) is 5.82 Å². The summed E-state index contributed by atoms with van der Waals surface area (Å²) in [6, 6.07) is 12.5. The number of carbonyl (C=O) groups is 1. The lowest BCUT2D eigenvalue weighted by Gasteiger charge is -2.33. The number of hydrogen-bond acceptors (Lipinski definition) is 5. The number of likely N-dealkylation sites (tertiary alicyclic amines) is 1. The first kappa shape index (κ1) is 19.4. The maximum absolute atomic E-state index is 11.0. The number of hydroxylamine groups is 1. The fourth-order valence-electron chi connectivity index (χ4n) is 3.21. The molecule has 27 heavy (non-hydrogen) atoms. The van der Waals surface area contributed by atoms with E-state index in [0.29, 0.717) is 16.4 Å². The second-order valence-electron chi connectivity index (χ2n) is 6.61. The zero-order valence-electron chi connectivity index (χ0n) is 14.9. The molecule has 1 aliphatic heterocycles. The van der Waals surface area contributed by atoms with Crippen LogP contribution >= 0.6 is 11.6 Å². The predicted octanol–water partition coefficient (Wildman–Crippen LogP) is 3.33. The number of nitrogens with zero attached hydrogens (tertiary/aromatic N) is 2. The molecule has 0 bridgehead atoms. The van der Waals surface area contributed by atoms with E-state index >= 15 is 0 Å². The standard InChI is InChI=1S/C20H23ClN4O2/c21-18-11-16(8-9-19(26)24-27)12-22-20(18)23-17-7-4-10-25(14-17)13-15-5-2-1-3-6-15/h1-3,5-6,8-9,11-12,17,27H,4,7,10,13-14H2,(H,22,23)(H,24,26)/t17-/m1/s1. The number of benzene rings is 1. The summed E-state index contributed by atoms with van der Waals surface area (Å²) in [6.07, 6.45) is 6.58. The van der Waals surface area contributed by atoms with Crippen LogP contribution in [0.2, 0.25) is 5.02 Å². The molecule has 1 aromatic heterocycles. The third-order valence-corrected chi connectivity index (χ3v) is 4.78. The van der Waals surface area contributed by atoms with Crippen LogP contribution in [-0.4, -0.2) is 40.1 Å². The number of piperidine rings is 1. The van der Waals surface area contributed by atoms with Gasteiger partial charge in [0.05, 0.1) is 5.02 Å². The van der Waals surface area contributed by atoms with E-state index < -0.39 is 5.91 Å². The lowest BCUT2D eigenvalue weighted by atomic mass is 10.0. The molecule has 1 atom stereocenters. The van der Waals surface area contributed by atoms with E-state index in [1.165, 1.54) is 17.7 Å².